The number of amides is 1. The van der Waals surface area contributed by atoms with Crippen LogP contribution in [-0.4, -0.2) is 53.4 Å². The molecule has 3 rings (SSSR count). The van der Waals surface area contributed by atoms with Crippen molar-refractivity contribution in [1.29, 1.82) is 0 Å². The average molecular weight is 510 g/mol. The predicted molar refractivity (Wildman–Crippen MR) is 142 cm³/mol. The minimum atomic E-state index is -1.15. The first kappa shape index (κ1) is 27.7. The number of nitrogens with two attached hydrogens (primary N) is 1. The molecule has 1 aromatic heterocycles. The summed E-state index contributed by atoms with van der Waals surface area (Å²) < 4.78 is 11.6. The zero-order chi connectivity index (χ0) is 27.1. The maximum Gasteiger partial charge on any atom is 0.339 e. The number of aliphatic hydroxyl groups excluding tert-OH is 1. The summed E-state index contributed by atoms with van der Waals surface area (Å²) in [5.74, 6) is -0.331. The largest absolute Gasteiger partial charge is 0.496 e. The van der Waals surface area contributed by atoms with Crippen LogP contribution in [0.2, 0.25) is 0 Å². The molecule has 0 fully saturated rings. The van der Waals surface area contributed by atoms with E-state index in [1.54, 1.807) is 44.4 Å². The molecule has 0 aliphatic carbocycles. The normalized spacial score (nSPS) is 11.9. The Balaban J connectivity index is 1.79. The number of nitrogens with one attached hydrogen (secondary N) is 1. The molecule has 3 aromatic rings. The van der Waals surface area contributed by atoms with Crippen molar-refractivity contribution in [3.8, 4) is 11.5 Å². The molecule has 1 atom stereocenters. The van der Waals surface area contributed by atoms with Gasteiger partial charge in [0.15, 0.2) is 0 Å². The van der Waals surface area contributed by atoms with Gasteiger partial charge in [0.25, 0.3) is 5.91 Å². The number of carboxylic acids is 1. The van der Waals surface area contributed by atoms with Crippen molar-refractivity contribution in [2.24, 2.45) is 5.92 Å². The molecule has 0 radical (unpaired) electrons. The molecule has 1 heterocycles. The van der Waals surface area contributed by atoms with Gasteiger partial charge in [-0.3, -0.25) is 9.78 Å². The molecule has 1 amide bonds. The smallest absolute Gasteiger partial charge is 0.339 e. The van der Waals surface area contributed by atoms with E-state index in [0.29, 0.717) is 40.1 Å². The number of hydrogen-bond donors (Lipinski definition) is 4. The van der Waals surface area contributed by atoms with E-state index < -0.39 is 5.97 Å². The van der Waals surface area contributed by atoms with Crippen LogP contribution in [0.3, 0.4) is 0 Å². The molecule has 0 saturated heterocycles. The van der Waals surface area contributed by atoms with E-state index >= 15 is 0 Å². The Bertz CT molecular complexity index is 1270. The molecular formula is C28H35N3O6. The highest BCUT2D eigenvalue weighted by atomic mass is 16.5. The number of carbonyl (C=O) groups is 2. The highest BCUT2D eigenvalue weighted by Crippen LogP contribution is 2.33. The summed E-state index contributed by atoms with van der Waals surface area (Å²) in [6.07, 6.45) is 2.28. The van der Waals surface area contributed by atoms with Gasteiger partial charge in [-0.05, 0) is 61.9 Å². The lowest BCUT2D eigenvalue weighted by molar-refractivity contribution is 0.0696. The number of nitrogen functional groups attached to an aromatic ring is 1. The standard InChI is InChI=1S/C28H35N3O6/c1-16(2)21(31-27(33)19-12-11-18(8-5-6-13-32)23(14-19)36-4)15-37-22-10-7-9-20-25(22)26(29)24(28(34)35)17(3)30-20/h7,9-12,14,16,21,32H,5-6,8,13,15H2,1-4H3,(H2,29,30)(H,31,33)(H,34,35). The fourth-order valence-corrected chi connectivity index (χ4v) is 4.18. The lowest BCUT2D eigenvalue weighted by Gasteiger charge is -2.24. The first-order chi connectivity index (χ1) is 17.7. The number of aromatic nitrogens is 1. The maximum absolute atomic E-state index is 13.1. The molecule has 9 nitrogen and oxygen atoms in total. The quantitative estimate of drug-likeness (QED) is 0.268. The van der Waals surface area contributed by atoms with Crippen LogP contribution in [-0.2, 0) is 6.42 Å². The number of anilines is 1. The van der Waals surface area contributed by atoms with E-state index in [4.69, 9.17) is 20.3 Å². The molecule has 0 bridgehead atoms. The Labute approximate surface area is 216 Å². The Kier molecular flexibility index (Phi) is 9.30. The van der Waals surface area contributed by atoms with E-state index in [1.807, 2.05) is 19.9 Å². The first-order valence-electron chi connectivity index (χ1n) is 12.3. The Hall–Kier alpha value is -3.85. The van der Waals surface area contributed by atoms with E-state index in [9.17, 15) is 14.7 Å². The Morgan fingerprint density at radius 2 is 1.89 bits per heavy atom. The highest BCUT2D eigenvalue weighted by molar-refractivity contribution is 6.06. The van der Waals surface area contributed by atoms with Crippen LogP contribution in [0.4, 0.5) is 5.69 Å². The van der Waals surface area contributed by atoms with Gasteiger partial charge in [-0.25, -0.2) is 4.79 Å². The maximum atomic E-state index is 13.1. The zero-order valence-corrected chi connectivity index (χ0v) is 21.7. The van der Waals surface area contributed by atoms with Crippen molar-refractivity contribution >= 4 is 28.5 Å². The third-order valence-corrected chi connectivity index (χ3v) is 6.35. The number of fused-ring (bicyclic) bond motifs is 1. The number of carboxylic acid groups (broad SMARTS) is 1. The van der Waals surface area contributed by atoms with Gasteiger partial charge in [0.2, 0.25) is 0 Å². The van der Waals surface area contributed by atoms with Crippen molar-refractivity contribution in [3.05, 3.63) is 58.8 Å². The molecule has 2 aromatic carbocycles. The van der Waals surface area contributed by atoms with E-state index in [2.05, 4.69) is 10.3 Å². The number of rotatable bonds is 12. The summed E-state index contributed by atoms with van der Waals surface area (Å²) >= 11 is 0. The number of methoxy groups -OCH3 is 1. The van der Waals surface area contributed by atoms with Crippen LogP contribution in [0.1, 0.15) is 58.7 Å². The number of unbranched alkanes of at least 4 members (excludes halogenated alkanes) is 1. The molecule has 5 N–H and O–H groups in total. The lowest BCUT2D eigenvalue weighted by atomic mass is 10.0. The Morgan fingerprint density at radius 3 is 2.54 bits per heavy atom. The fourth-order valence-electron chi connectivity index (χ4n) is 4.18. The zero-order valence-electron chi connectivity index (χ0n) is 21.7. The lowest BCUT2D eigenvalue weighted by Crippen LogP contribution is -2.42. The van der Waals surface area contributed by atoms with Gasteiger partial charge in [-0.1, -0.05) is 26.0 Å². The van der Waals surface area contributed by atoms with Crippen LogP contribution >= 0.6 is 0 Å². The Morgan fingerprint density at radius 1 is 1.14 bits per heavy atom. The average Bonchev–Trinajstić information content (AvgIpc) is 2.85. The van der Waals surface area contributed by atoms with Crippen molar-refractivity contribution in [2.45, 2.75) is 46.1 Å². The summed E-state index contributed by atoms with van der Waals surface area (Å²) in [6.45, 7) is 5.85. The topological polar surface area (TPSA) is 144 Å². The predicted octanol–water partition coefficient (Wildman–Crippen LogP) is 3.98. The van der Waals surface area contributed by atoms with Crippen LogP contribution in [0, 0.1) is 12.8 Å². The van der Waals surface area contributed by atoms with E-state index in [0.717, 1.165) is 18.4 Å². The molecule has 9 heteroatoms. The van der Waals surface area contributed by atoms with Gasteiger partial charge < -0.3 is 30.7 Å². The second kappa shape index (κ2) is 12.4. The summed E-state index contributed by atoms with van der Waals surface area (Å²) in [5.41, 5.74) is 8.59. The molecular weight excluding hydrogens is 474 g/mol. The molecule has 0 aliphatic heterocycles. The van der Waals surface area contributed by atoms with Crippen molar-refractivity contribution < 1.29 is 29.3 Å². The van der Waals surface area contributed by atoms with Gasteiger partial charge >= 0.3 is 5.97 Å². The van der Waals surface area contributed by atoms with Gasteiger partial charge in [0, 0.05) is 12.2 Å². The third-order valence-electron chi connectivity index (χ3n) is 6.35. The molecule has 0 spiro atoms. The number of nitrogens with zero attached hydrogens (tertiary/aromatic N) is 1. The molecule has 0 saturated carbocycles. The fraction of sp³-hybridized carbons (Fsp3) is 0.393. The summed E-state index contributed by atoms with van der Waals surface area (Å²) in [7, 11) is 1.57. The van der Waals surface area contributed by atoms with Crippen molar-refractivity contribution in [2.75, 3.05) is 26.1 Å². The SMILES string of the molecule is COc1cc(C(=O)NC(COc2cccc3nc(C)c(C(=O)O)c(N)c23)C(C)C)ccc1CCCCO. The minimum absolute atomic E-state index is 0.0471. The molecule has 198 valence electrons. The number of pyridine rings is 1. The number of ether oxygens (including phenoxy) is 2. The summed E-state index contributed by atoms with van der Waals surface area (Å²) in [5, 5.41) is 22.1. The number of aryl methyl sites for hydroxylation is 2. The van der Waals surface area contributed by atoms with Crippen LogP contribution in [0.25, 0.3) is 10.9 Å². The minimum Gasteiger partial charge on any atom is -0.496 e. The number of benzene rings is 2. The molecule has 37 heavy (non-hydrogen) atoms. The monoisotopic (exact) mass is 509 g/mol. The van der Waals surface area contributed by atoms with Crippen LogP contribution in [0.15, 0.2) is 36.4 Å². The van der Waals surface area contributed by atoms with Gasteiger partial charge in [-0.2, -0.15) is 0 Å². The highest BCUT2D eigenvalue weighted by Gasteiger charge is 2.22. The first-order valence-corrected chi connectivity index (χ1v) is 12.3. The van der Waals surface area contributed by atoms with Gasteiger partial charge in [-0.15, -0.1) is 0 Å². The third kappa shape index (κ3) is 6.48. The number of carbonyl (C=O) groups excluding carboxylic acids is 1. The van der Waals surface area contributed by atoms with Crippen molar-refractivity contribution in [1.82, 2.24) is 10.3 Å². The second-order valence-corrected chi connectivity index (χ2v) is 9.28. The number of hydrogen-bond acceptors (Lipinski definition) is 7. The van der Waals surface area contributed by atoms with Gasteiger partial charge in [0.05, 0.1) is 35.4 Å². The van der Waals surface area contributed by atoms with E-state index in [-0.39, 0.29) is 42.3 Å². The molecule has 0 aliphatic rings. The van der Waals surface area contributed by atoms with Crippen LogP contribution < -0.4 is 20.5 Å². The summed E-state index contributed by atoms with van der Waals surface area (Å²) in [6, 6.07) is 10.2. The second-order valence-electron chi connectivity index (χ2n) is 9.28. The number of aliphatic hydroxyl groups is 1. The van der Waals surface area contributed by atoms with Crippen molar-refractivity contribution in [3.63, 3.8) is 0 Å². The van der Waals surface area contributed by atoms with Crippen LogP contribution in [0.5, 0.6) is 11.5 Å². The van der Waals surface area contributed by atoms with Gasteiger partial charge in [0.1, 0.15) is 23.7 Å². The number of aromatic carboxylic acids is 1. The molecule has 1 unspecified atom stereocenters. The summed E-state index contributed by atoms with van der Waals surface area (Å²) in [4.78, 5) is 29.2. The van der Waals surface area contributed by atoms with E-state index in [1.165, 1.54) is 0 Å².